The first-order valence-electron chi connectivity index (χ1n) is 6.81. The highest BCUT2D eigenvalue weighted by molar-refractivity contribution is 5.55. The molecule has 11 heteroatoms. The Morgan fingerprint density at radius 3 is 2.27 bits per heavy atom. The van der Waals surface area contributed by atoms with Crippen molar-refractivity contribution in [1.29, 1.82) is 10.5 Å². The Morgan fingerprint density at radius 1 is 1.08 bits per heavy atom. The molecule has 1 heterocycles. The molecule has 0 saturated heterocycles. The normalized spacial score (nSPS) is 11.7. The van der Waals surface area contributed by atoms with Crippen LogP contribution in [-0.4, -0.2) is 17.7 Å². The number of halogens is 6. The van der Waals surface area contributed by atoms with Crippen LogP contribution in [0.2, 0.25) is 0 Å². The molecule has 0 aliphatic heterocycles. The van der Waals surface area contributed by atoms with Crippen molar-refractivity contribution in [3.05, 3.63) is 47.2 Å². The molecule has 0 atom stereocenters. The molecule has 0 saturated carbocycles. The Bertz CT molecular complexity index is 872. The molecule has 2 rings (SSSR count). The zero-order valence-corrected chi connectivity index (χ0v) is 12.7. The van der Waals surface area contributed by atoms with Crippen LogP contribution in [0, 0.1) is 22.7 Å². The Morgan fingerprint density at radius 2 is 1.77 bits per heavy atom. The molecule has 5 nitrogen and oxygen atoms in total. The fourth-order valence-electron chi connectivity index (χ4n) is 2.14. The lowest BCUT2D eigenvalue weighted by Gasteiger charge is -2.26. The highest BCUT2D eigenvalue weighted by Gasteiger charge is 2.36. The number of alkyl halides is 6. The van der Waals surface area contributed by atoms with Gasteiger partial charge in [-0.1, -0.05) is 0 Å². The molecule has 0 aliphatic rings. The van der Waals surface area contributed by atoms with Crippen LogP contribution in [0.5, 0.6) is 0 Å². The summed E-state index contributed by atoms with van der Waals surface area (Å²) in [5.41, 5.74) is -2.47. The number of anilines is 1. The zero-order chi connectivity index (χ0) is 19.5. The molecule has 0 spiro atoms. The summed E-state index contributed by atoms with van der Waals surface area (Å²) < 4.78 is 82.5. The number of aromatic nitrogens is 1. The second-order valence-electron chi connectivity index (χ2n) is 5.05. The second-order valence-corrected chi connectivity index (χ2v) is 5.05. The van der Waals surface area contributed by atoms with E-state index in [2.05, 4.69) is 4.98 Å². The fraction of sp³-hybridized carbons (Fsp3) is 0.267. The average Bonchev–Trinajstić information content (AvgIpc) is 2.99. The second kappa shape index (κ2) is 6.96. The molecule has 0 bridgehead atoms. The number of oxazole rings is 1. The van der Waals surface area contributed by atoms with Crippen molar-refractivity contribution in [2.75, 3.05) is 11.4 Å². The maximum atomic E-state index is 13.0. The minimum Gasteiger partial charge on any atom is -0.432 e. The summed E-state index contributed by atoms with van der Waals surface area (Å²) in [4.78, 5) is 4.08. The molecular weight excluding hydrogens is 366 g/mol. The summed E-state index contributed by atoms with van der Waals surface area (Å²) in [7, 11) is 0. The SMILES string of the molecule is N#Cc1ncc(CN(CC(F)(F)F)c2ccc(C#N)c(C(F)(F)F)c2)o1. The minimum atomic E-state index is -4.91. The monoisotopic (exact) mass is 374 g/mol. The molecule has 1 aromatic heterocycles. The van der Waals surface area contributed by atoms with E-state index in [4.69, 9.17) is 14.9 Å². The van der Waals surface area contributed by atoms with E-state index in [1.807, 2.05) is 0 Å². The molecule has 0 fully saturated rings. The van der Waals surface area contributed by atoms with Gasteiger partial charge in [0.15, 0.2) is 6.07 Å². The number of nitrogens with zero attached hydrogens (tertiary/aromatic N) is 4. The lowest BCUT2D eigenvalue weighted by Crippen LogP contribution is -2.34. The first-order chi connectivity index (χ1) is 12.0. The predicted molar refractivity (Wildman–Crippen MR) is 74.5 cm³/mol. The minimum absolute atomic E-state index is 0.135. The van der Waals surface area contributed by atoms with Crippen molar-refractivity contribution >= 4 is 5.69 Å². The van der Waals surface area contributed by atoms with Gasteiger partial charge < -0.3 is 9.32 Å². The standard InChI is InChI=1S/C15H8F6N4O/c16-14(17,18)8-25(7-11-6-24-13(5-23)26-11)10-2-1-9(4-22)12(3-10)15(19,20)21/h1-3,6H,7-8H2. The van der Waals surface area contributed by atoms with E-state index in [1.165, 1.54) is 6.07 Å². The van der Waals surface area contributed by atoms with Gasteiger partial charge >= 0.3 is 18.2 Å². The van der Waals surface area contributed by atoms with E-state index in [9.17, 15) is 26.3 Å². The maximum Gasteiger partial charge on any atom is 0.417 e. The Labute approximate surface area is 142 Å². The average molecular weight is 374 g/mol. The van der Waals surface area contributed by atoms with E-state index in [1.54, 1.807) is 6.07 Å². The molecule has 0 unspecified atom stereocenters. The Hall–Kier alpha value is -3.21. The van der Waals surface area contributed by atoms with Gasteiger partial charge in [-0.25, -0.2) is 4.98 Å². The number of hydrogen-bond acceptors (Lipinski definition) is 5. The Kier molecular flexibility index (Phi) is 5.12. The van der Waals surface area contributed by atoms with E-state index in [-0.39, 0.29) is 11.7 Å². The largest absolute Gasteiger partial charge is 0.432 e. The fourth-order valence-corrected chi connectivity index (χ4v) is 2.14. The summed E-state index contributed by atoms with van der Waals surface area (Å²) in [6.07, 6.45) is -8.62. The van der Waals surface area contributed by atoms with Crippen molar-refractivity contribution in [2.24, 2.45) is 0 Å². The third kappa shape index (κ3) is 4.66. The van der Waals surface area contributed by atoms with Gasteiger partial charge in [-0.15, -0.1) is 0 Å². The molecule has 1 aromatic carbocycles. The van der Waals surface area contributed by atoms with Gasteiger partial charge in [0.1, 0.15) is 12.3 Å². The summed E-state index contributed by atoms with van der Waals surface area (Å²) in [5.74, 6) is -0.522. The molecule has 0 N–H and O–H groups in total. The number of benzene rings is 1. The summed E-state index contributed by atoms with van der Waals surface area (Å²) >= 11 is 0. The first kappa shape index (κ1) is 19.1. The van der Waals surface area contributed by atoms with Crippen molar-refractivity contribution in [2.45, 2.75) is 18.9 Å². The van der Waals surface area contributed by atoms with Crippen LogP contribution in [0.3, 0.4) is 0 Å². The van der Waals surface area contributed by atoms with E-state index in [0.717, 1.165) is 18.3 Å². The quantitative estimate of drug-likeness (QED) is 0.756. The van der Waals surface area contributed by atoms with Crippen LogP contribution in [0.25, 0.3) is 0 Å². The summed E-state index contributed by atoms with van der Waals surface area (Å²) in [6.45, 7) is -2.14. The van der Waals surface area contributed by atoms with Crippen LogP contribution in [0.15, 0.2) is 28.8 Å². The van der Waals surface area contributed by atoms with Gasteiger partial charge in [-0.05, 0) is 18.2 Å². The van der Waals surface area contributed by atoms with Crippen LogP contribution in [-0.2, 0) is 12.7 Å². The number of rotatable bonds is 4. The van der Waals surface area contributed by atoms with Crippen LogP contribution in [0.1, 0.15) is 22.8 Å². The molecule has 136 valence electrons. The van der Waals surface area contributed by atoms with Gasteiger partial charge in [-0.3, -0.25) is 0 Å². The van der Waals surface area contributed by atoms with Crippen molar-refractivity contribution in [3.8, 4) is 12.1 Å². The summed E-state index contributed by atoms with van der Waals surface area (Å²) in [6, 6.07) is 5.13. The lowest BCUT2D eigenvalue weighted by atomic mass is 10.1. The van der Waals surface area contributed by atoms with Crippen molar-refractivity contribution in [3.63, 3.8) is 0 Å². The summed E-state index contributed by atoms with van der Waals surface area (Å²) in [5, 5.41) is 17.4. The lowest BCUT2D eigenvalue weighted by molar-refractivity contribution is -0.137. The van der Waals surface area contributed by atoms with Crippen LogP contribution < -0.4 is 4.90 Å². The molecule has 0 amide bonds. The van der Waals surface area contributed by atoms with Gasteiger partial charge in [0.25, 0.3) is 0 Å². The highest BCUT2D eigenvalue weighted by Crippen LogP contribution is 2.35. The number of nitriles is 2. The van der Waals surface area contributed by atoms with Gasteiger partial charge in [0, 0.05) is 5.69 Å². The van der Waals surface area contributed by atoms with E-state index >= 15 is 0 Å². The first-order valence-corrected chi connectivity index (χ1v) is 6.81. The molecule has 0 radical (unpaired) electrons. The smallest absolute Gasteiger partial charge is 0.417 e. The van der Waals surface area contributed by atoms with Gasteiger partial charge in [-0.2, -0.15) is 36.9 Å². The van der Waals surface area contributed by atoms with Crippen molar-refractivity contribution < 1.29 is 30.8 Å². The van der Waals surface area contributed by atoms with Gasteiger partial charge in [0.2, 0.25) is 0 Å². The van der Waals surface area contributed by atoms with E-state index in [0.29, 0.717) is 11.0 Å². The molecule has 2 aromatic rings. The Balaban J connectivity index is 2.45. The molecular formula is C15H8F6N4O. The van der Waals surface area contributed by atoms with Crippen molar-refractivity contribution in [1.82, 2.24) is 4.98 Å². The third-order valence-corrected chi connectivity index (χ3v) is 3.16. The highest BCUT2D eigenvalue weighted by atomic mass is 19.4. The molecule has 26 heavy (non-hydrogen) atoms. The van der Waals surface area contributed by atoms with Gasteiger partial charge in [0.05, 0.1) is 29.9 Å². The third-order valence-electron chi connectivity index (χ3n) is 3.16. The van der Waals surface area contributed by atoms with Crippen LogP contribution in [0.4, 0.5) is 32.0 Å². The number of hydrogen-bond donors (Lipinski definition) is 0. The van der Waals surface area contributed by atoms with Crippen LogP contribution >= 0.6 is 0 Å². The molecule has 0 aliphatic carbocycles. The maximum absolute atomic E-state index is 13.0. The topological polar surface area (TPSA) is 76.8 Å². The predicted octanol–water partition coefficient (Wildman–Crippen LogP) is 4.01. The van der Waals surface area contributed by atoms with E-state index < -0.39 is 42.3 Å². The zero-order valence-electron chi connectivity index (χ0n) is 12.7.